The fourth-order valence-corrected chi connectivity index (χ4v) is 3.19. The fourth-order valence-electron chi connectivity index (χ4n) is 3.19. The molecule has 158 valence electrons. The third-order valence-electron chi connectivity index (χ3n) is 4.73. The molecule has 30 heavy (non-hydrogen) atoms. The minimum atomic E-state index is -4.39. The van der Waals surface area contributed by atoms with Crippen LogP contribution in [0.3, 0.4) is 0 Å². The molecule has 0 radical (unpaired) electrons. The Morgan fingerprint density at radius 2 is 1.70 bits per heavy atom. The van der Waals surface area contributed by atoms with E-state index in [9.17, 15) is 13.2 Å². The number of H-pyrrole nitrogens is 1. The van der Waals surface area contributed by atoms with Crippen molar-refractivity contribution in [1.82, 2.24) is 20.2 Å². The quantitative estimate of drug-likeness (QED) is 0.564. The van der Waals surface area contributed by atoms with Gasteiger partial charge in [0, 0.05) is 42.6 Å². The van der Waals surface area contributed by atoms with Crippen LogP contribution < -0.4 is 10.6 Å². The van der Waals surface area contributed by atoms with E-state index < -0.39 is 11.7 Å². The number of aromatic amines is 1. The molecular formula is C20H21F3N6O. The van der Waals surface area contributed by atoms with Gasteiger partial charge in [0.15, 0.2) is 11.6 Å². The second-order valence-corrected chi connectivity index (χ2v) is 7.13. The summed E-state index contributed by atoms with van der Waals surface area (Å²) in [6.45, 7) is 3.22. The van der Waals surface area contributed by atoms with Crippen molar-refractivity contribution >= 4 is 17.5 Å². The first-order valence-corrected chi connectivity index (χ1v) is 9.57. The number of hydrogen-bond donors (Lipinski definition) is 3. The number of alkyl halides is 3. The molecule has 0 unspecified atom stereocenters. The van der Waals surface area contributed by atoms with Crippen molar-refractivity contribution in [2.75, 3.05) is 23.8 Å². The van der Waals surface area contributed by atoms with Crippen molar-refractivity contribution in [1.29, 1.82) is 0 Å². The molecule has 0 amide bonds. The van der Waals surface area contributed by atoms with Gasteiger partial charge in [0.25, 0.3) is 0 Å². The summed E-state index contributed by atoms with van der Waals surface area (Å²) in [6, 6.07) is 8.59. The van der Waals surface area contributed by atoms with Gasteiger partial charge in [-0.15, -0.1) is 0 Å². The van der Waals surface area contributed by atoms with E-state index in [1.807, 2.05) is 13.0 Å². The number of anilines is 3. The Morgan fingerprint density at radius 3 is 2.33 bits per heavy atom. The Hall–Kier alpha value is -3.14. The summed E-state index contributed by atoms with van der Waals surface area (Å²) in [5.74, 6) is 1.97. The molecule has 4 rings (SSSR count). The highest BCUT2D eigenvalue weighted by Crippen LogP contribution is 2.31. The third kappa shape index (κ3) is 4.88. The Labute approximate surface area is 171 Å². The number of rotatable bonds is 5. The van der Waals surface area contributed by atoms with Crippen LogP contribution in [0.1, 0.15) is 24.1 Å². The van der Waals surface area contributed by atoms with Crippen molar-refractivity contribution in [3.8, 4) is 11.4 Å². The first-order chi connectivity index (χ1) is 14.4. The molecule has 1 saturated heterocycles. The maximum atomic E-state index is 12.9. The van der Waals surface area contributed by atoms with Crippen molar-refractivity contribution in [3.05, 3.63) is 47.7 Å². The van der Waals surface area contributed by atoms with Gasteiger partial charge in [-0.25, -0.2) is 9.97 Å². The second kappa shape index (κ2) is 8.31. The average molecular weight is 418 g/mol. The minimum absolute atomic E-state index is 0.203. The number of nitrogens with one attached hydrogen (secondary N) is 3. The fraction of sp³-hybridized carbons (Fsp3) is 0.350. The standard InChI is InChI=1S/C20H21F3N6O/c1-12-10-18(29-28-12)25-17-11-16(24-15-6-8-30-9-7-15)26-19(27-17)13-2-4-14(5-3-13)20(21,22)23/h2-5,10-11,15H,6-9H2,1H3,(H3,24,25,26,27,28,29). The molecule has 1 aliphatic heterocycles. The summed E-state index contributed by atoms with van der Waals surface area (Å²) in [4.78, 5) is 9.00. The number of benzene rings is 1. The summed E-state index contributed by atoms with van der Waals surface area (Å²) in [5.41, 5.74) is 0.656. The number of hydrogen-bond acceptors (Lipinski definition) is 6. The normalized spacial score (nSPS) is 15.2. The van der Waals surface area contributed by atoms with Crippen molar-refractivity contribution in [3.63, 3.8) is 0 Å². The van der Waals surface area contributed by atoms with E-state index >= 15 is 0 Å². The topological polar surface area (TPSA) is 87.8 Å². The van der Waals surface area contributed by atoms with Gasteiger partial charge in [0.05, 0.1) is 5.56 Å². The monoisotopic (exact) mass is 418 g/mol. The van der Waals surface area contributed by atoms with Crippen LogP contribution in [0.4, 0.5) is 30.6 Å². The molecule has 0 bridgehead atoms. The van der Waals surface area contributed by atoms with Crippen molar-refractivity contribution in [2.24, 2.45) is 0 Å². The average Bonchev–Trinajstić information content (AvgIpc) is 3.12. The SMILES string of the molecule is Cc1cc(Nc2cc(NC3CCOCC3)nc(-c3ccc(C(F)(F)F)cc3)n2)n[nH]1. The molecule has 3 heterocycles. The molecule has 10 heteroatoms. The lowest BCUT2D eigenvalue weighted by Gasteiger charge is -2.24. The Bertz CT molecular complexity index is 997. The second-order valence-electron chi connectivity index (χ2n) is 7.13. The molecule has 2 aromatic heterocycles. The number of halogens is 3. The van der Waals surface area contributed by atoms with E-state index in [0.29, 0.717) is 42.1 Å². The molecule has 3 aromatic rings. The van der Waals surface area contributed by atoms with Gasteiger partial charge in [0.1, 0.15) is 11.6 Å². The van der Waals surface area contributed by atoms with Gasteiger partial charge in [-0.05, 0) is 31.9 Å². The predicted octanol–water partition coefficient (Wildman–Crippen LogP) is 4.53. The molecule has 0 aliphatic carbocycles. The summed E-state index contributed by atoms with van der Waals surface area (Å²) in [5, 5.41) is 13.5. The Balaban J connectivity index is 1.65. The summed E-state index contributed by atoms with van der Waals surface area (Å²) >= 11 is 0. The number of ether oxygens (including phenoxy) is 1. The summed E-state index contributed by atoms with van der Waals surface area (Å²) in [6.07, 6.45) is -2.70. The van der Waals surface area contributed by atoms with Gasteiger partial charge in [-0.2, -0.15) is 18.3 Å². The van der Waals surface area contributed by atoms with Crippen LogP contribution in [0.2, 0.25) is 0 Å². The lowest BCUT2D eigenvalue weighted by Crippen LogP contribution is -2.28. The molecule has 3 N–H and O–H groups in total. The van der Waals surface area contributed by atoms with E-state index in [-0.39, 0.29) is 6.04 Å². The number of nitrogens with zero attached hydrogens (tertiary/aromatic N) is 3. The lowest BCUT2D eigenvalue weighted by atomic mass is 10.1. The van der Waals surface area contributed by atoms with Gasteiger partial charge < -0.3 is 15.4 Å². The molecular weight excluding hydrogens is 397 g/mol. The zero-order valence-electron chi connectivity index (χ0n) is 16.3. The van der Waals surface area contributed by atoms with Crippen LogP contribution in [-0.4, -0.2) is 39.4 Å². The summed E-state index contributed by atoms with van der Waals surface area (Å²) in [7, 11) is 0. The van der Waals surface area contributed by atoms with Crippen molar-refractivity contribution in [2.45, 2.75) is 32.0 Å². The van der Waals surface area contributed by atoms with E-state index in [0.717, 1.165) is 30.7 Å². The van der Waals surface area contributed by atoms with Gasteiger partial charge in [0.2, 0.25) is 0 Å². The smallest absolute Gasteiger partial charge is 0.381 e. The highest BCUT2D eigenvalue weighted by atomic mass is 19.4. The zero-order valence-corrected chi connectivity index (χ0v) is 16.3. The molecule has 7 nitrogen and oxygen atoms in total. The largest absolute Gasteiger partial charge is 0.416 e. The van der Waals surface area contributed by atoms with Crippen LogP contribution in [0.15, 0.2) is 36.4 Å². The number of aryl methyl sites for hydroxylation is 1. The molecule has 1 aromatic carbocycles. The predicted molar refractivity (Wildman–Crippen MR) is 107 cm³/mol. The Kier molecular flexibility index (Phi) is 5.58. The Morgan fingerprint density at radius 1 is 1.00 bits per heavy atom. The van der Waals surface area contributed by atoms with E-state index in [1.54, 1.807) is 6.07 Å². The van der Waals surface area contributed by atoms with E-state index in [1.165, 1.54) is 12.1 Å². The highest BCUT2D eigenvalue weighted by molar-refractivity contribution is 5.64. The zero-order chi connectivity index (χ0) is 21.1. The maximum absolute atomic E-state index is 12.9. The van der Waals surface area contributed by atoms with Gasteiger partial charge >= 0.3 is 6.18 Å². The summed E-state index contributed by atoms with van der Waals surface area (Å²) < 4.78 is 44.0. The molecule has 1 aliphatic rings. The lowest BCUT2D eigenvalue weighted by molar-refractivity contribution is -0.137. The van der Waals surface area contributed by atoms with E-state index in [2.05, 4.69) is 30.8 Å². The van der Waals surface area contributed by atoms with Gasteiger partial charge in [-0.3, -0.25) is 5.10 Å². The van der Waals surface area contributed by atoms with Crippen LogP contribution in [-0.2, 0) is 10.9 Å². The highest BCUT2D eigenvalue weighted by Gasteiger charge is 2.30. The number of aromatic nitrogens is 4. The van der Waals surface area contributed by atoms with Gasteiger partial charge in [-0.1, -0.05) is 12.1 Å². The maximum Gasteiger partial charge on any atom is 0.416 e. The first kappa shape index (κ1) is 20.1. The molecule has 1 fully saturated rings. The third-order valence-corrected chi connectivity index (χ3v) is 4.73. The van der Waals surface area contributed by atoms with Crippen molar-refractivity contribution < 1.29 is 17.9 Å². The molecule has 0 atom stereocenters. The van der Waals surface area contributed by atoms with Crippen LogP contribution >= 0.6 is 0 Å². The van der Waals surface area contributed by atoms with Crippen LogP contribution in [0.5, 0.6) is 0 Å². The first-order valence-electron chi connectivity index (χ1n) is 9.57. The van der Waals surface area contributed by atoms with Crippen LogP contribution in [0, 0.1) is 6.92 Å². The molecule has 0 spiro atoms. The van der Waals surface area contributed by atoms with Crippen LogP contribution in [0.25, 0.3) is 11.4 Å². The van der Waals surface area contributed by atoms with E-state index in [4.69, 9.17) is 4.74 Å². The minimum Gasteiger partial charge on any atom is -0.381 e. The molecule has 0 saturated carbocycles.